The van der Waals surface area contributed by atoms with E-state index in [2.05, 4.69) is 55.5 Å². The maximum Gasteiger partial charge on any atom is 0.0597 e. The molecule has 1 heterocycles. The van der Waals surface area contributed by atoms with Crippen LogP contribution in [0.3, 0.4) is 0 Å². The normalized spacial score (nSPS) is 10.7. The summed E-state index contributed by atoms with van der Waals surface area (Å²) in [6.45, 7) is 10.1. The summed E-state index contributed by atoms with van der Waals surface area (Å²) in [7, 11) is 0. The fourth-order valence-electron chi connectivity index (χ4n) is 2.13. The number of nitrogens with zero attached hydrogens (tertiary/aromatic N) is 2. The van der Waals surface area contributed by atoms with Crippen LogP contribution in [0.25, 0.3) is 0 Å². The van der Waals surface area contributed by atoms with Crippen molar-refractivity contribution in [3.8, 4) is 0 Å². The first kappa shape index (κ1) is 12.7. The van der Waals surface area contributed by atoms with E-state index in [1.165, 1.54) is 22.5 Å². The highest BCUT2D eigenvalue weighted by molar-refractivity contribution is 5.52. The summed E-state index contributed by atoms with van der Waals surface area (Å²) < 4.78 is 2.05. The Hall–Kier alpha value is -1.77. The molecule has 0 radical (unpaired) electrons. The van der Waals surface area contributed by atoms with Crippen LogP contribution in [0.5, 0.6) is 0 Å². The minimum absolute atomic E-state index is 0.818. The molecule has 0 saturated heterocycles. The molecule has 0 amide bonds. The lowest BCUT2D eigenvalue weighted by Crippen LogP contribution is -2.08. The first-order valence-corrected chi connectivity index (χ1v) is 6.44. The lowest BCUT2D eigenvalue weighted by Gasteiger charge is -2.11. The summed E-state index contributed by atoms with van der Waals surface area (Å²) in [6.07, 6.45) is 0. The van der Waals surface area contributed by atoms with Gasteiger partial charge in [-0.1, -0.05) is 12.1 Å². The number of hydrogen-bond acceptors (Lipinski definition) is 2. The van der Waals surface area contributed by atoms with E-state index in [1.54, 1.807) is 0 Å². The van der Waals surface area contributed by atoms with E-state index in [0.717, 1.165) is 18.8 Å². The Labute approximate surface area is 109 Å². The molecule has 1 N–H and O–H groups in total. The zero-order valence-electron chi connectivity index (χ0n) is 11.6. The predicted octanol–water partition coefficient (Wildman–Crippen LogP) is 3.44. The third-order valence-corrected chi connectivity index (χ3v) is 3.14. The van der Waals surface area contributed by atoms with Gasteiger partial charge < -0.3 is 5.32 Å². The van der Waals surface area contributed by atoms with Gasteiger partial charge in [0.15, 0.2) is 0 Å². The molecule has 0 saturated carbocycles. The van der Waals surface area contributed by atoms with E-state index in [1.807, 2.05) is 11.6 Å². The van der Waals surface area contributed by atoms with Crippen LogP contribution >= 0.6 is 0 Å². The van der Waals surface area contributed by atoms with Crippen molar-refractivity contribution in [3.05, 3.63) is 46.8 Å². The third kappa shape index (κ3) is 2.73. The molecule has 0 aliphatic rings. The van der Waals surface area contributed by atoms with Gasteiger partial charge in [-0.05, 0) is 51.0 Å². The second-order valence-corrected chi connectivity index (χ2v) is 4.76. The topological polar surface area (TPSA) is 29.9 Å². The third-order valence-electron chi connectivity index (χ3n) is 3.14. The number of nitrogens with one attached hydrogen (secondary N) is 1. The number of aromatic nitrogens is 2. The van der Waals surface area contributed by atoms with Gasteiger partial charge in [-0.15, -0.1) is 0 Å². The zero-order chi connectivity index (χ0) is 13.1. The molecule has 0 aliphatic carbocycles. The van der Waals surface area contributed by atoms with Crippen molar-refractivity contribution in [2.45, 2.75) is 40.8 Å². The summed E-state index contributed by atoms with van der Waals surface area (Å²) in [5, 5.41) is 7.96. The van der Waals surface area contributed by atoms with Gasteiger partial charge in [0.1, 0.15) is 0 Å². The maximum atomic E-state index is 4.46. The van der Waals surface area contributed by atoms with Crippen molar-refractivity contribution in [1.29, 1.82) is 0 Å². The monoisotopic (exact) mass is 243 g/mol. The molecular weight excluding hydrogens is 222 g/mol. The molecule has 0 unspecified atom stereocenters. The molecule has 0 bridgehead atoms. The molecule has 1 aromatic heterocycles. The summed E-state index contributed by atoms with van der Waals surface area (Å²) >= 11 is 0. The smallest absolute Gasteiger partial charge is 0.0597 e. The fourth-order valence-corrected chi connectivity index (χ4v) is 2.13. The van der Waals surface area contributed by atoms with Gasteiger partial charge in [0, 0.05) is 12.2 Å². The number of hydrogen-bond donors (Lipinski definition) is 1. The Morgan fingerprint density at radius 2 is 1.94 bits per heavy atom. The predicted molar refractivity (Wildman–Crippen MR) is 75.9 cm³/mol. The van der Waals surface area contributed by atoms with Gasteiger partial charge in [-0.3, -0.25) is 4.68 Å². The highest BCUT2D eigenvalue weighted by Gasteiger charge is 2.04. The molecule has 96 valence electrons. The highest BCUT2D eigenvalue weighted by atomic mass is 15.3. The second kappa shape index (κ2) is 5.25. The molecule has 2 rings (SSSR count). The quantitative estimate of drug-likeness (QED) is 0.891. The summed E-state index contributed by atoms with van der Waals surface area (Å²) in [6, 6.07) is 8.62. The molecule has 0 spiro atoms. The zero-order valence-corrected chi connectivity index (χ0v) is 11.6. The van der Waals surface area contributed by atoms with Crippen LogP contribution in [0, 0.1) is 20.8 Å². The van der Waals surface area contributed by atoms with Crippen LogP contribution in [-0.2, 0) is 13.1 Å². The Morgan fingerprint density at radius 1 is 1.17 bits per heavy atom. The first-order valence-electron chi connectivity index (χ1n) is 6.44. The number of benzene rings is 1. The number of rotatable bonds is 4. The SMILES string of the molecule is CCn1nc(C)cc1CNc1cc(C)ccc1C. The Bertz CT molecular complexity index is 541. The van der Waals surface area contributed by atoms with E-state index in [-0.39, 0.29) is 0 Å². The highest BCUT2D eigenvalue weighted by Crippen LogP contribution is 2.17. The minimum atomic E-state index is 0.818. The number of aryl methyl sites for hydroxylation is 4. The van der Waals surface area contributed by atoms with Crippen LogP contribution in [-0.4, -0.2) is 9.78 Å². The van der Waals surface area contributed by atoms with Crippen molar-refractivity contribution in [2.24, 2.45) is 0 Å². The van der Waals surface area contributed by atoms with Gasteiger partial charge >= 0.3 is 0 Å². The van der Waals surface area contributed by atoms with Crippen molar-refractivity contribution >= 4 is 5.69 Å². The van der Waals surface area contributed by atoms with Crippen LogP contribution in [0.1, 0.15) is 29.4 Å². The lowest BCUT2D eigenvalue weighted by atomic mass is 10.1. The van der Waals surface area contributed by atoms with Gasteiger partial charge in [-0.2, -0.15) is 5.10 Å². The van der Waals surface area contributed by atoms with Gasteiger partial charge in [0.05, 0.1) is 17.9 Å². The van der Waals surface area contributed by atoms with Crippen molar-refractivity contribution in [2.75, 3.05) is 5.32 Å². The average molecular weight is 243 g/mol. The van der Waals surface area contributed by atoms with E-state index in [4.69, 9.17) is 0 Å². The van der Waals surface area contributed by atoms with E-state index < -0.39 is 0 Å². The standard InChI is InChI=1S/C15H21N3/c1-5-18-14(9-13(4)17-18)10-16-15-8-11(2)6-7-12(15)3/h6-9,16H,5,10H2,1-4H3. The minimum Gasteiger partial charge on any atom is -0.379 e. The molecule has 0 aliphatic heterocycles. The number of anilines is 1. The summed E-state index contributed by atoms with van der Waals surface area (Å²) in [4.78, 5) is 0. The van der Waals surface area contributed by atoms with Crippen molar-refractivity contribution in [1.82, 2.24) is 9.78 Å². The maximum absolute atomic E-state index is 4.46. The van der Waals surface area contributed by atoms with Crippen molar-refractivity contribution < 1.29 is 0 Å². The fraction of sp³-hybridized carbons (Fsp3) is 0.400. The van der Waals surface area contributed by atoms with E-state index in [0.29, 0.717) is 0 Å². The van der Waals surface area contributed by atoms with Gasteiger partial charge in [0.25, 0.3) is 0 Å². The van der Waals surface area contributed by atoms with E-state index in [9.17, 15) is 0 Å². The van der Waals surface area contributed by atoms with Crippen LogP contribution < -0.4 is 5.32 Å². The van der Waals surface area contributed by atoms with Gasteiger partial charge in [-0.25, -0.2) is 0 Å². The molecule has 1 aromatic carbocycles. The summed E-state index contributed by atoms with van der Waals surface area (Å²) in [5.41, 5.74) is 6.07. The lowest BCUT2D eigenvalue weighted by molar-refractivity contribution is 0.623. The molecular formula is C15H21N3. The van der Waals surface area contributed by atoms with Crippen molar-refractivity contribution in [3.63, 3.8) is 0 Å². The van der Waals surface area contributed by atoms with Crippen LogP contribution in [0.4, 0.5) is 5.69 Å². The summed E-state index contributed by atoms with van der Waals surface area (Å²) in [5.74, 6) is 0. The van der Waals surface area contributed by atoms with Crippen LogP contribution in [0.2, 0.25) is 0 Å². The molecule has 0 atom stereocenters. The Morgan fingerprint density at radius 3 is 2.67 bits per heavy atom. The molecule has 3 nitrogen and oxygen atoms in total. The molecule has 2 aromatic rings. The molecule has 3 heteroatoms. The Kier molecular flexibility index (Phi) is 3.70. The Balaban J connectivity index is 2.13. The first-order chi connectivity index (χ1) is 8.60. The van der Waals surface area contributed by atoms with Crippen LogP contribution in [0.15, 0.2) is 24.3 Å². The molecule has 0 fully saturated rings. The van der Waals surface area contributed by atoms with Gasteiger partial charge in [0.2, 0.25) is 0 Å². The largest absolute Gasteiger partial charge is 0.379 e. The second-order valence-electron chi connectivity index (χ2n) is 4.76. The molecule has 18 heavy (non-hydrogen) atoms. The van der Waals surface area contributed by atoms with E-state index >= 15 is 0 Å². The average Bonchev–Trinajstić information content (AvgIpc) is 2.71.